The average molecular weight is 285 g/mol. The van der Waals surface area contributed by atoms with Gasteiger partial charge in [0.25, 0.3) is 0 Å². The van der Waals surface area contributed by atoms with E-state index in [1.807, 2.05) is 4.57 Å². The van der Waals surface area contributed by atoms with Crippen molar-refractivity contribution in [2.45, 2.75) is 20.4 Å². The number of halogens is 2. The maximum absolute atomic E-state index is 13.4. The SMILES string of the molecule is CCN(CC)CCn1c(N)nc2cc(F)c(Cl)cc21. The molecule has 0 amide bonds. The number of aromatic nitrogens is 2. The van der Waals surface area contributed by atoms with Crippen molar-refractivity contribution in [3.05, 3.63) is 23.0 Å². The van der Waals surface area contributed by atoms with Gasteiger partial charge in [-0.25, -0.2) is 9.37 Å². The lowest BCUT2D eigenvalue weighted by Crippen LogP contribution is -2.27. The van der Waals surface area contributed by atoms with Gasteiger partial charge in [-0.3, -0.25) is 0 Å². The molecule has 1 aromatic carbocycles. The van der Waals surface area contributed by atoms with Crippen LogP contribution in [-0.4, -0.2) is 34.1 Å². The van der Waals surface area contributed by atoms with Gasteiger partial charge in [0.2, 0.25) is 5.95 Å². The fourth-order valence-electron chi connectivity index (χ4n) is 2.16. The van der Waals surface area contributed by atoms with Crippen LogP contribution in [0.3, 0.4) is 0 Å². The maximum Gasteiger partial charge on any atom is 0.201 e. The van der Waals surface area contributed by atoms with Gasteiger partial charge in [0.1, 0.15) is 5.82 Å². The van der Waals surface area contributed by atoms with Crippen LogP contribution in [0.15, 0.2) is 12.1 Å². The molecule has 0 unspecified atom stereocenters. The highest BCUT2D eigenvalue weighted by atomic mass is 35.5. The predicted octanol–water partition coefficient (Wildman–Crippen LogP) is 2.75. The number of hydrogen-bond acceptors (Lipinski definition) is 3. The van der Waals surface area contributed by atoms with Crippen molar-refractivity contribution in [3.8, 4) is 0 Å². The Morgan fingerprint density at radius 2 is 2.05 bits per heavy atom. The number of hydrogen-bond donors (Lipinski definition) is 1. The van der Waals surface area contributed by atoms with Crippen LogP contribution < -0.4 is 5.73 Å². The minimum atomic E-state index is -0.470. The van der Waals surface area contributed by atoms with Gasteiger partial charge in [0, 0.05) is 19.2 Å². The first-order valence-corrected chi connectivity index (χ1v) is 6.77. The van der Waals surface area contributed by atoms with Crippen LogP contribution in [0, 0.1) is 5.82 Å². The maximum atomic E-state index is 13.4. The van der Waals surface area contributed by atoms with E-state index in [4.69, 9.17) is 17.3 Å². The normalized spacial score (nSPS) is 11.6. The molecule has 0 aliphatic heterocycles. The number of benzene rings is 1. The van der Waals surface area contributed by atoms with Gasteiger partial charge in [-0.2, -0.15) is 0 Å². The summed E-state index contributed by atoms with van der Waals surface area (Å²) in [7, 11) is 0. The Hall–Kier alpha value is -1.33. The molecule has 0 bridgehead atoms. The van der Waals surface area contributed by atoms with Gasteiger partial charge in [0.05, 0.1) is 16.1 Å². The molecule has 0 radical (unpaired) electrons. The van der Waals surface area contributed by atoms with E-state index in [2.05, 4.69) is 23.7 Å². The Balaban J connectivity index is 2.32. The number of anilines is 1. The first-order valence-electron chi connectivity index (χ1n) is 6.39. The molecular formula is C13H18ClFN4. The highest BCUT2D eigenvalue weighted by Crippen LogP contribution is 2.24. The van der Waals surface area contributed by atoms with Gasteiger partial charge in [-0.15, -0.1) is 0 Å². The largest absolute Gasteiger partial charge is 0.369 e. The van der Waals surface area contributed by atoms with Crippen molar-refractivity contribution in [2.75, 3.05) is 25.4 Å². The van der Waals surface area contributed by atoms with E-state index in [0.29, 0.717) is 18.0 Å². The first kappa shape index (κ1) is 14.1. The van der Waals surface area contributed by atoms with Gasteiger partial charge in [-0.1, -0.05) is 25.4 Å². The minimum absolute atomic E-state index is 0.0940. The number of nitrogens with two attached hydrogens (primary N) is 1. The molecule has 1 aromatic heterocycles. The highest BCUT2D eigenvalue weighted by Gasteiger charge is 2.12. The Labute approximate surface area is 117 Å². The fourth-order valence-corrected chi connectivity index (χ4v) is 2.31. The zero-order chi connectivity index (χ0) is 14.0. The number of rotatable bonds is 5. The fraction of sp³-hybridized carbons (Fsp3) is 0.462. The monoisotopic (exact) mass is 284 g/mol. The molecule has 2 N–H and O–H groups in total. The van der Waals surface area contributed by atoms with Crippen molar-refractivity contribution >= 4 is 28.6 Å². The molecule has 4 nitrogen and oxygen atoms in total. The molecule has 0 spiro atoms. The van der Waals surface area contributed by atoms with Crippen molar-refractivity contribution in [3.63, 3.8) is 0 Å². The molecule has 0 fully saturated rings. The van der Waals surface area contributed by atoms with Crippen LogP contribution >= 0.6 is 11.6 Å². The van der Waals surface area contributed by atoms with Gasteiger partial charge >= 0.3 is 0 Å². The second-order valence-corrected chi connectivity index (χ2v) is 4.81. The van der Waals surface area contributed by atoms with Crippen LogP contribution in [0.25, 0.3) is 11.0 Å². The van der Waals surface area contributed by atoms with Crippen molar-refractivity contribution in [1.82, 2.24) is 14.5 Å². The molecule has 2 rings (SSSR count). The molecule has 19 heavy (non-hydrogen) atoms. The predicted molar refractivity (Wildman–Crippen MR) is 76.9 cm³/mol. The Kier molecular flexibility index (Phi) is 4.27. The van der Waals surface area contributed by atoms with Crippen molar-refractivity contribution in [1.29, 1.82) is 0 Å². The van der Waals surface area contributed by atoms with Crippen LogP contribution in [-0.2, 0) is 6.54 Å². The number of imidazole rings is 1. The van der Waals surface area contributed by atoms with Crippen molar-refractivity contribution < 1.29 is 4.39 Å². The molecule has 104 valence electrons. The van der Waals surface area contributed by atoms with Crippen LogP contribution in [0.2, 0.25) is 5.02 Å². The molecule has 0 atom stereocenters. The molecule has 0 saturated carbocycles. The van der Waals surface area contributed by atoms with Crippen LogP contribution in [0.4, 0.5) is 10.3 Å². The van der Waals surface area contributed by atoms with E-state index in [0.717, 1.165) is 25.2 Å². The lowest BCUT2D eigenvalue weighted by molar-refractivity contribution is 0.292. The van der Waals surface area contributed by atoms with E-state index in [-0.39, 0.29) is 5.02 Å². The number of fused-ring (bicyclic) bond motifs is 1. The summed E-state index contributed by atoms with van der Waals surface area (Å²) in [5.74, 6) is -0.0774. The molecule has 0 saturated heterocycles. The highest BCUT2D eigenvalue weighted by molar-refractivity contribution is 6.31. The summed E-state index contributed by atoms with van der Waals surface area (Å²) in [5, 5.41) is 0.0940. The third kappa shape index (κ3) is 2.82. The van der Waals surface area contributed by atoms with E-state index in [1.54, 1.807) is 6.07 Å². The first-order chi connectivity index (χ1) is 9.06. The molecule has 0 aliphatic carbocycles. The summed E-state index contributed by atoms with van der Waals surface area (Å²) < 4.78 is 15.3. The van der Waals surface area contributed by atoms with Crippen molar-refractivity contribution in [2.24, 2.45) is 0 Å². The average Bonchev–Trinajstić information content (AvgIpc) is 2.67. The third-order valence-electron chi connectivity index (χ3n) is 3.35. The molecule has 2 aromatic rings. The Morgan fingerprint density at radius 1 is 1.37 bits per heavy atom. The second kappa shape index (κ2) is 5.75. The second-order valence-electron chi connectivity index (χ2n) is 4.40. The number of likely N-dealkylation sites (N-methyl/N-ethyl adjacent to an activating group) is 1. The standard InChI is InChI=1S/C13H18ClFN4/c1-3-18(4-2)5-6-19-12-7-9(14)10(15)8-11(12)17-13(19)16/h7-8H,3-6H2,1-2H3,(H2,16,17). The molecule has 0 aliphatic rings. The van der Waals surface area contributed by atoms with E-state index < -0.39 is 5.82 Å². The summed E-state index contributed by atoms with van der Waals surface area (Å²) in [6.07, 6.45) is 0. The molecule has 1 heterocycles. The number of nitrogen functional groups attached to an aromatic ring is 1. The summed E-state index contributed by atoms with van der Waals surface area (Å²) in [6, 6.07) is 2.90. The van der Waals surface area contributed by atoms with Crippen LogP contribution in [0.5, 0.6) is 0 Å². The lowest BCUT2D eigenvalue weighted by atomic mass is 10.3. The Morgan fingerprint density at radius 3 is 2.68 bits per heavy atom. The zero-order valence-electron chi connectivity index (χ0n) is 11.2. The van der Waals surface area contributed by atoms with E-state index >= 15 is 0 Å². The summed E-state index contributed by atoms with van der Waals surface area (Å²) >= 11 is 5.82. The quantitative estimate of drug-likeness (QED) is 0.918. The van der Waals surface area contributed by atoms with Crippen LogP contribution in [0.1, 0.15) is 13.8 Å². The molecular weight excluding hydrogens is 267 g/mol. The van der Waals surface area contributed by atoms with E-state index in [1.165, 1.54) is 6.07 Å². The number of nitrogens with zero attached hydrogens (tertiary/aromatic N) is 3. The third-order valence-corrected chi connectivity index (χ3v) is 3.64. The van der Waals surface area contributed by atoms with Gasteiger partial charge in [-0.05, 0) is 19.2 Å². The zero-order valence-corrected chi connectivity index (χ0v) is 11.9. The minimum Gasteiger partial charge on any atom is -0.369 e. The van der Waals surface area contributed by atoms with Gasteiger partial charge in [0.15, 0.2) is 0 Å². The Bertz CT molecular complexity index is 578. The summed E-state index contributed by atoms with van der Waals surface area (Å²) in [4.78, 5) is 6.46. The summed E-state index contributed by atoms with van der Waals surface area (Å²) in [6.45, 7) is 7.79. The summed E-state index contributed by atoms with van der Waals surface area (Å²) in [5.41, 5.74) is 7.21. The van der Waals surface area contributed by atoms with E-state index in [9.17, 15) is 4.39 Å². The lowest BCUT2D eigenvalue weighted by Gasteiger charge is -2.18. The van der Waals surface area contributed by atoms with Gasteiger partial charge < -0.3 is 15.2 Å². The topological polar surface area (TPSA) is 47.1 Å². The molecule has 6 heteroatoms. The smallest absolute Gasteiger partial charge is 0.201 e.